The molecule has 3 rings (SSSR count). The third kappa shape index (κ3) is 6.72. The average molecular weight is 591 g/mol. The van der Waals surface area contributed by atoms with E-state index in [1.54, 1.807) is 26.0 Å². The van der Waals surface area contributed by atoms with E-state index < -0.39 is 29.2 Å². The predicted molar refractivity (Wildman–Crippen MR) is 162 cm³/mol. The molecule has 4 unspecified atom stereocenters. The number of ketones is 1. The van der Waals surface area contributed by atoms with Gasteiger partial charge in [-0.1, -0.05) is 53.7 Å². The minimum absolute atomic E-state index is 0.0157. The molecule has 0 bridgehead atoms. The highest BCUT2D eigenvalue weighted by Crippen LogP contribution is 2.48. The average Bonchev–Trinajstić information content (AvgIpc) is 3.31. The monoisotopic (exact) mass is 590 g/mol. The maximum Gasteiger partial charge on any atom is 0.339 e. The molecule has 2 fully saturated rings. The molecule has 238 valence electrons. The van der Waals surface area contributed by atoms with E-state index in [0.717, 1.165) is 12.8 Å². The molecule has 2 heterocycles. The molecule has 2 saturated heterocycles. The smallest absolute Gasteiger partial charge is 0.339 e. The lowest BCUT2D eigenvalue weighted by molar-refractivity contribution is -0.229. The minimum atomic E-state index is -1.18. The highest BCUT2D eigenvalue weighted by atomic mass is 16.6. The van der Waals surface area contributed by atoms with Crippen LogP contribution in [0.15, 0.2) is 12.1 Å². The fourth-order valence-corrected chi connectivity index (χ4v) is 7.45. The molecule has 4 N–H and O–H groups in total. The van der Waals surface area contributed by atoms with Crippen molar-refractivity contribution in [1.82, 2.24) is 0 Å². The first-order chi connectivity index (χ1) is 19.7. The van der Waals surface area contributed by atoms with Gasteiger partial charge in [0.25, 0.3) is 0 Å². The van der Waals surface area contributed by atoms with Gasteiger partial charge in [0.2, 0.25) is 0 Å². The van der Waals surface area contributed by atoms with Crippen molar-refractivity contribution in [1.29, 1.82) is 0 Å². The lowest BCUT2D eigenvalue weighted by atomic mass is 9.76. The number of carbonyl (C=O) groups is 2. The highest BCUT2D eigenvalue weighted by molar-refractivity contribution is 5.93. The van der Waals surface area contributed by atoms with Crippen LogP contribution in [0.2, 0.25) is 0 Å². The first-order valence-electron chi connectivity index (χ1n) is 16.0. The molecular weight excluding hydrogens is 536 g/mol. The molecule has 0 aliphatic carbocycles. The molecule has 10 atom stereocenters. The van der Waals surface area contributed by atoms with Crippen LogP contribution in [-0.2, 0) is 20.7 Å². The van der Waals surface area contributed by atoms with Gasteiger partial charge in [-0.2, -0.15) is 0 Å². The molecule has 0 radical (unpaired) electrons. The number of aromatic hydroxyl groups is 1. The van der Waals surface area contributed by atoms with Gasteiger partial charge in [-0.15, -0.1) is 0 Å². The number of carbonyl (C=O) groups excluding carboxylic acids is 1. The summed E-state index contributed by atoms with van der Waals surface area (Å²) >= 11 is 0. The Hall–Kier alpha value is -2.00. The molecule has 0 saturated carbocycles. The van der Waals surface area contributed by atoms with Crippen molar-refractivity contribution in [3.63, 3.8) is 0 Å². The highest BCUT2D eigenvalue weighted by Gasteiger charge is 2.55. The van der Waals surface area contributed by atoms with Crippen molar-refractivity contribution in [3.8, 4) is 5.75 Å². The van der Waals surface area contributed by atoms with E-state index in [9.17, 15) is 30.0 Å². The molecule has 1 aromatic rings. The Bertz CT molecular complexity index is 1100. The number of carboxylic acid groups (broad SMARTS) is 1. The van der Waals surface area contributed by atoms with Crippen LogP contribution in [0.25, 0.3) is 0 Å². The zero-order valence-corrected chi connectivity index (χ0v) is 26.9. The Morgan fingerprint density at radius 3 is 2.33 bits per heavy atom. The number of hydrogen-bond donors (Lipinski definition) is 4. The van der Waals surface area contributed by atoms with Gasteiger partial charge in [0.15, 0.2) is 0 Å². The van der Waals surface area contributed by atoms with Gasteiger partial charge in [-0.25, -0.2) is 4.79 Å². The summed E-state index contributed by atoms with van der Waals surface area (Å²) in [6.45, 7) is 15.4. The molecule has 8 nitrogen and oxygen atoms in total. The standard InChI is InChI=1S/C34H54O8/c1-9-25(31-21(6)18-34(11-3,42-31)26-16-17-33(40,10-2)23(8)41-26)30(37)22(7)28(35)19(4)12-14-24-15-13-20(5)29(36)27(24)32(38)39/h13,15,19,21-23,25-26,28,31,35-36,40H,9-12,14,16-18H2,1-8H3,(H,38,39)/t19-,21?,22-,23-,25-,26?,28-,31-,33?,34?/m0/s1. The van der Waals surface area contributed by atoms with Crippen molar-refractivity contribution < 1.29 is 39.5 Å². The Kier molecular flexibility index (Phi) is 11.3. The minimum Gasteiger partial charge on any atom is -0.507 e. The molecule has 1 aromatic carbocycles. The van der Waals surface area contributed by atoms with Crippen LogP contribution < -0.4 is 0 Å². The Balaban J connectivity index is 1.69. The van der Waals surface area contributed by atoms with Gasteiger partial charge < -0.3 is 29.9 Å². The predicted octanol–water partition coefficient (Wildman–Crippen LogP) is 5.84. The number of hydrogen-bond acceptors (Lipinski definition) is 7. The Morgan fingerprint density at radius 1 is 1.12 bits per heavy atom. The van der Waals surface area contributed by atoms with Crippen LogP contribution in [0.4, 0.5) is 0 Å². The number of aliphatic hydroxyl groups excluding tert-OH is 1. The fraction of sp³-hybridized carbons (Fsp3) is 0.765. The second-order valence-electron chi connectivity index (χ2n) is 13.2. The number of ether oxygens (including phenoxy) is 2. The van der Waals surface area contributed by atoms with Crippen molar-refractivity contribution in [2.24, 2.45) is 23.7 Å². The molecule has 0 spiro atoms. The summed E-state index contributed by atoms with van der Waals surface area (Å²) in [4.78, 5) is 25.7. The summed E-state index contributed by atoms with van der Waals surface area (Å²) in [5.74, 6) is -2.55. The molecule has 42 heavy (non-hydrogen) atoms. The molecule has 2 aliphatic heterocycles. The fourth-order valence-electron chi connectivity index (χ4n) is 7.45. The number of aryl methyl sites for hydroxylation is 2. The molecular formula is C34H54O8. The van der Waals surface area contributed by atoms with Crippen molar-refractivity contribution in [3.05, 3.63) is 28.8 Å². The van der Waals surface area contributed by atoms with Crippen molar-refractivity contribution in [2.45, 2.75) is 142 Å². The topological polar surface area (TPSA) is 134 Å². The Labute approximate surface area is 251 Å². The van der Waals surface area contributed by atoms with Gasteiger partial charge in [0, 0.05) is 11.8 Å². The summed E-state index contributed by atoms with van der Waals surface area (Å²) in [6, 6.07) is 3.40. The number of carboxylic acids is 1. The van der Waals surface area contributed by atoms with Gasteiger partial charge in [0.05, 0.1) is 35.6 Å². The van der Waals surface area contributed by atoms with E-state index in [1.807, 2.05) is 27.7 Å². The molecule has 8 heteroatoms. The summed E-state index contributed by atoms with van der Waals surface area (Å²) in [6.07, 6.45) is 3.34. The van der Waals surface area contributed by atoms with Crippen LogP contribution in [-0.4, -0.2) is 67.8 Å². The zero-order chi connectivity index (χ0) is 31.6. The van der Waals surface area contributed by atoms with Gasteiger partial charge >= 0.3 is 5.97 Å². The van der Waals surface area contributed by atoms with E-state index in [1.165, 1.54) is 0 Å². The van der Waals surface area contributed by atoms with Gasteiger partial charge in [-0.05, 0) is 88.2 Å². The third-order valence-electron chi connectivity index (χ3n) is 10.7. The maximum absolute atomic E-state index is 13.9. The lowest BCUT2D eigenvalue weighted by Gasteiger charge is -2.47. The van der Waals surface area contributed by atoms with E-state index >= 15 is 0 Å². The van der Waals surface area contributed by atoms with Crippen molar-refractivity contribution in [2.75, 3.05) is 0 Å². The lowest BCUT2D eigenvalue weighted by Crippen LogP contribution is -2.55. The van der Waals surface area contributed by atoms with E-state index in [4.69, 9.17) is 9.47 Å². The number of phenols is 1. The SMILES string of the molecule is CC[C@@H](C(=O)[C@@H](C)[C@@H](O)[C@@H](C)CCc1ccc(C)c(O)c1C(=O)O)[C@H]1OC(CC)(C2CCC(O)(CC)[C@H](C)O2)CC1C. The quantitative estimate of drug-likeness (QED) is 0.225. The third-order valence-corrected chi connectivity index (χ3v) is 10.7. The number of Topliss-reactive ketones (excluding diaryl/α,β-unsaturated/α-hetero) is 1. The van der Waals surface area contributed by atoms with Crippen molar-refractivity contribution >= 4 is 11.8 Å². The molecule has 0 aromatic heterocycles. The largest absolute Gasteiger partial charge is 0.507 e. The van der Waals surface area contributed by atoms with Crippen LogP contribution in [0, 0.1) is 30.6 Å². The van der Waals surface area contributed by atoms with E-state index in [2.05, 4.69) is 13.8 Å². The van der Waals surface area contributed by atoms with Crippen LogP contribution >= 0.6 is 0 Å². The molecule has 0 amide bonds. The van der Waals surface area contributed by atoms with Crippen LogP contribution in [0.5, 0.6) is 5.75 Å². The van der Waals surface area contributed by atoms with Crippen LogP contribution in [0.1, 0.15) is 115 Å². The summed E-state index contributed by atoms with van der Waals surface area (Å²) in [7, 11) is 0. The van der Waals surface area contributed by atoms with Gasteiger partial charge in [0.1, 0.15) is 17.1 Å². The number of benzene rings is 1. The van der Waals surface area contributed by atoms with Gasteiger partial charge in [-0.3, -0.25) is 4.79 Å². The summed E-state index contributed by atoms with van der Waals surface area (Å²) < 4.78 is 13.2. The first kappa shape index (κ1) is 34.5. The first-order valence-corrected chi connectivity index (χ1v) is 16.0. The maximum atomic E-state index is 13.9. The number of rotatable bonds is 13. The van der Waals surface area contributed by atoms with E-state index in [0.29, 0.717) is 49.7 Å². The summed E-state index contributed by atoms with van der Waals surface area (Å²) in [5.41, 5.74) is -0.437. The zero-order valence-electron chi connectivity index (χ0n) is 26.9. The van der Waals surface area contributed by atoms with E-state index in [-0.39, 0.29) is 53.2 Å². The second-order valence-corrected chi connectivity index (χ2v) is 13.2. The Morgan fingerprint density at radius 2 is 1.79 bits per heavy atom. The number of aliphatic hydroxyl groups is 2. The second kappa shape index (κ2) is 13.7. The number of aromatic carboxylic acids is 1. The molecule has 2 aliphatic rings. The van der Waals surface area contributed by atoms with Crippen LogP contribution in [0.3, 0.4) is 0 Å². The summed E-state index contributed by atoms with van der Waals surface area (Å²) in [5, 5.41) is 42.1. The normalized spacial score (nSPS) is 32.7.